The summed E-state index contributed by atoms with van der Waals surface area (Å²) >= 11 is 0. The van der Waals surface area contributed by atoms with Crippen LogP contribution in [-0.2, 0) is 22.6 Å². The van der Waals surface area contributed by atoms with Gasteiger partial charge < -0.3 is 25.0 Å². The second-order valence-electron chi connectivity index (χ2n) is 13.6. The highest BCUT2D eigenvalue weighted by molar-refractivity contribution is 5.94. The van der Waals surface area contributed by atoms with Gasteiger partial charge >= 0.3 is 12.2 Å². The van der Waals surface area contributed by atoms with Crippen molar-refractivity contribution in [2.24, 2.45) is 5.92 Å². The summed E-state index contributed by atoms with van der Waals surface area (Å²) in [6, 6.07) is 9.37. The average Bonchev–Trinajstić information content (AvgIpc) is 3.54. The molecule has 4 aromatic rings. The van der Waals surface area contributed by atoms with Gasteiger partial charge in [-0.1, -0.05) is 18.6 Å². The number of fused-ring (bicyclic) bond motifs is 2. The van der Waals surface area contributed by atoms with Gasteiger partial charge in [0.1, 0.15) is 22.4 Å². The summed E-state index contributed by atoms with van der Waals surface area (Å²) in [4.78, 5) is 46.2. The second-order valence-corrected chi connectivity index (χ2v) is 13.6. The largest absolute Gasteiger partial charge is 0.444 e. The molecule has 45 heavy (non-hydrogen) atoms. The molecular weight excluding hydrogens is 574 g/mol. The molecule has 240 valence electrons. The van der Waals surface area contributed by atoms with E-state index in [0.717, 1.165) is 35.7 Å². The van der Waals surface area contributed by atoms with Gasteiger partial charge in [-0.25, -0.2) is 23.7 Å². The van der Waals surface area contributed by atoms with Crippen molar-refractivity contribution >= 4 is 40.3 Å². The minimum atomic E-state index is -0.734. The van der Waals surface area contributed by atoms with Gasteiger partial charge in [-0.3, -0.25) is 4.79 Å². The molecule has 2 N–H and O–H groups in total. The lowest BCUT2D eigenvalue weighted by atomic mass is 9.85. The molecule has 0 aliphatic heterocycles. The molecule has 2 amide bonds. The summed E-state index contributed by atoms with van der Waals surface area (Å²) in [7, 11) is 1.74. The molecule has 12 heteroatoms. The number of rotatable bonds is 8. The molecule has 1 aliphatic carbocycles. The average molecular weight is 618 g/mol. The van der Waals surface area contributed by atoms with Gasteiger partial charge in [-0.05, 0) is 84.1 Å². The lowest BCUT2D eigenvalue weighted by Gasteiger charge is -2.33. The lowest BCUT2D eigenvalue weighted by molar-refractivity contribution is 0.0163. The zero-order valence-electron chi connectivity index (χ0n) is 27.1. The van der Waals surface area contributed by atoms with E-state index in [1.165, 1.54) is 4.57 Å². The van der Waals surface area contributed by atoms with E-state index in [1.54, 1.807) is 28.9 Å². The third kappa shape index (κ3) is 7.55. The fraction of sp³-hybridized carbons (Fsp3) is 0.485. The number of nitrogens with zero attached hydrogens (tertiary/aromatic N) is 5. The Balaban J connectivity index is 1.44. The van der Waals surface area contributed by atoms with Gasteiger partial charge in [0.2, 0.25) is 0 Å². The molecule has 1 fully saturated rings. The molecule has 0 unspecified atom stereocenters. The van der Waals surface area contributed by atoms with E-state index in [0.29, 0.717) is 29.5 Å². The molecule has 1 saturated carbocycles. The van der Waals surface area contributed by atoms with Crippen LogP contribution in [0, 0.1) is 5.92 Å². The van der Waals surface area contributed by atoms with Crippen LogP contribution in [0.3, 0.4) is 0 Å². The Kier molecular flexibility index (Phi) is 8.77. The first-order valence-electron chi connectivity index (χ1n) is 15.4. The Morgan fingerprint density at radius 2 is 1.73 bits per heavy atom. The van der Waals surface area contributed by atoms with E-state index >= 15 is 0 Å². The van der Waals surface area contributed by atoms with Gasteiger partial charge in [-0.2, -0.15) is 5.10 Å². The van der Waals surface area contributed by atoms with E-state index in [1.807, 2.05) is 71.9 Å². The SMILES string of the molecule is CNc1nc(C(=O)NCc2ccc3cc(CN(CC4CCC4)C(=O)OC(C)(C)C)n(C(=O)OC(C)(C)C)c3c2)cn2nccc12. The van der Waals surface area contributed by atoms with Crippen LogP contribution in [-0.4, -0.2) is 67.0 Å². The summed E-state index contributed by atoms with van der Waals surface area (Å²) < 4.78 is 14.7. The topological polar surface area (TPSA) is 132 Å². The van der Waals surface area contributed by atoms with Crippen LogP contribution >= 0.6 is 0 Å². The van der Waals surface area contributed by atoms with Crippen LogP contribution in [0.1, 0.15) is 82.6 Å². The van der Waals surface area contributed by atoms with Gasteiger partial charge in [0.05, 0.1) is 24.5 Å². The van der Waals surface area contributed by atoms with Crippen molar-refractivity contribution < 1.29 is 23.9 Å². The number of amides is 2. The molecule has 0 atom stereocenters. The predicted molar refractivity (Wildman–Crippen MR) is 171 cm³/mol. The predicted octanol–water partition coefficient (Wildman–Crippen LogP) is 5.98. The van der Waals surface area contributed by atoms with Crippen LogP contribution in [0.25, 0.3) is 16.4 Å². The van der Waals surface area contributed by atoms with E-state index < -0.39 is 23.4 Å². The number of nitrogens with one attached hydrogen (secondary N) is 2. The van der Waals surface area contributed by atoms with Gasteiger partial charge in [0, 0.05) is 31.2 Å². The number of hydrogen-bond donors (Lipinski definition) is 2. The van der Waals surface area contributed by atoms with E-state index in [9.17, 15) is 14.4 Å². The summed E-state index contributed by atoms with van der Waals surface area (Å²) in [6.07, 6.45) is 5.53. The molecule has 0 bridgehead atoms. The number of benzene rings is 1. The minimum Gasteiger partial charge on any atom is -0.444 e. The third-order valence-electron chi connectivity index (χ3n) is 7.54. The molecule has 3 heterocycles. The van der Waals surface area contributed by atoms with E-state index in [-0.39, 0.29) is 24.7 Å². The Morgan fingerprint density at radius 3 is 2.38 bits per heavy atom. The first-order chi connectivity index (χ1) is 21.2. The molecule has 1 aliphatic rings. The molecule has 0 spiro atoms. The maximum absolute atomic E-state index is 13.6. The molecule has 5 rings (SSSR count). The quantitative estimate of drug-likeness (QED) is 0.247. The van der Waals surface area contributed by atoms with Crippen LogP contribution in [0.4, 0.5) is 15.4 Å². The normalized spacial score (nSPS) is 13.8. The zero-order chi connectivity index (χ0) is 32.5. The Bertz CT molecular complexity index is 1720. The number of ether oxygens (including phenoxy) is 2. The number of anilines is 1. The Hall–Kier alpha value is -4.61. The highest BCUT2D eigenvalue weighted by Crippen LogP contribution is 2.30. The zero-order valence-corrected chi connectivity index (χ0v) is 27.1. The Morgan fingerprint density at radius 1 is 1.00 bits per heavy atom. The van der Waals surface area contributed by atoms with Crippen molar-refractivity contribution in [3.05, 3.63) is 59.7 Å². The summed E-state index contributed by atoms with van der Waals surface area (Å²) in [5, 5.41) is 11.0. The van der Waals surface area contributed by atoms with E-state index in [4.69, 9.17) is 9.47 Å². The summed E-state index contributed by atoms with van der Waals surface area (Å²) in [5.74, 6) is 0.581. The number of carbonyl (C=O) groups is 3. The van der Waals surface area contributed by atoms with Crippen molar-refractivity contribution in [2.45, 2.75) is 85.1 Å². The van der Waals surface area contributed by atoms with Crippen molar-refractivity contribution in [2.75, 3.05) is 18.9 Å². The van der Waals surface area contributed by atoms with Gasteiger partial charge in [-0.15, -0.1) is 0 Å². The fourth-order valence-corrected chi connectivity index (χ4v) is 5.26. The molecule has 1 aromatic carbocycles. The first-order valence-corrected chi connectivity index (χ1v) is 15.4. The lowest BCUT2D eigenvalue weighted by Crippen LogP contribution is -2.41. The first kappa shape index (κ1) is 31.8. The molecule has 12 nitrogen and oxygen atoms in total. The van der Waals surface area contributed by atoms with Crippen LogP contribution in [0.5, 0.6) is 0 Å². The second kappa shape index (κ2) is 12.4. The maximum Gasteiger partial charge on any atom is 0.419 e. The molecular formula is C33H43N7O5. The van der Waals surface area contributed by atoms with Crippen LogP contribution in [0.15, 0.2) is 42.7 Å². The summed E-state index contributed by atoms with van der Waals surface area (Å²) in [5.41, 5.74) is 1.59. The van der Waals surface area contributed by atoms with Crippen molar-refractivity contribution in [1.29, 1.82) is 0 Å². The fourth-order valence-electron chi connectivity index (χ4n) is 5.26. The minimum absolute atomic E-state index is 0.181. The van der Waals surface area contributed by atoms with Crippen molar-refractivity contribution in [3.8, 4) is 0 Å². The van der Waals surface area contributed by atoms with Crippen LogP contribution < -0.4 is 10.6 Å². The molecule has 0 saturated heterocycles. The Labute approximate surface area is 263 Å². The maximum atomic E-state index is 13.6. The number of hydrogen-bond acceptors (Lipinski definition) is 8. The van der Waals surface area contributed by atoms with Crippen molar-refractivity contribution in [1.82, 2.24) is 29.4 Å². The molecule has 0 radical (unpaired) electrons. The van der Waals surface area contributed by atoms with Crippen LogP contribution in [0.2, 0.25) is 0 Å². The third-order valence-corrected chi connectivity index (χ3v) is 7.54. The van der Waals surface area contributed by atoms with Gasteiger partial charge in [0.25, 0.3) is 5.91 Å². The highest BCUT2D eigenvalue weighted by Gasteiger charge is 2.30. The number of carbonyl (C=O) groups excluding carboxylic acids is 3. The molecule has 3 aromatic heterocycles. The standard InChI is InChI=1S/C33H43N7O5/c1-32(2,3)44-30(42)38(18-21-9-8-10-21)19-24-16-23-12-11-22(15-27(23)40(24)31(43)45-33(4,5)6)17-35-29(41)25-20-39-26(13-14-36-39)28(34-7)37-25/h11-16,20-21H,8-10,17-19H2,1-7H3,(H,34,37)(H,35,41). The smallest absolute Gasteiger partial charge is 0.419 e. The number of aromatic nitrogens is 4. The van der Waals surface area contributed by atoms with Crippen molar-refractivity contribution in [3.63, 3.8) is 0 Å². The van der Waals surface area contributed by atoms with Gasteiger partial charge in [0.15, 0.2) is 5.82 Å². The van der Waals surface area contributed by atoms with E-state index in [2.05, 4.69) is 20.7 Å². The monoisotopic (exact) mass is 617 g/mol. The highest BCUT2D eigenvalue weighted by atomic mass is 16.6. The summed E-state index contributed by atoms with van der Waals surface area (Å²) in [6.45, 7) is 11.9.